The van der Waals surface area contributed by atoms with Gasteiger partial charge < -0.3 is 10.1 Å². The van der Waals surface area contributed by atoms with Crippen LogP contribution in [0.3, 0.4) is 0 Å². The van der Waals surface area contributed by atoms with Crippen LogP contribution in [-0.4, -0.2) is 18.5 Å². The molecule has 0 aromatic heterocycles. The molecule has 0 bridgehead atoms. The van der Waals surface area contributed by atoms with Gasteiger partial charge in [0.1, 0.15) is 0 Å². The molecule has 0 saturated heterocycles. The quantitative estimate of drug-likeness (QED) is 0.490. The number of unbranched alkanes of at least 4 members (excludes halogenated alkanes) is 1. The highest BCUT2D eigenvalue weighted by molar-refractivity contribution is 6.00. The van der Waals surface area contributed by atoms with E-state index in [1.54, 1.807) is 24.3 Å². The maximum Gasteiger partial charge on any atom is 0.338 e. The first kappa shape index (κ1) is 16.0. The van der Waals surface area contributed by atoms with Crippen molar-refractivity contribution in [2.45, 2.75) is 33.6 Å². The predicted molar refractivity (Wildman–Crippen MR) is 79.7 cm³/mol. The van der Waals surface area contributed by atoms with Gasteiger partial charge in [0.2, 0.25) is 5.91 Å². The van der Waals surface area contributed by atoms with E-state index in [1.807, 2.05) is 20.8 Å². The van der Waals surface area contributed by atoms with Crippen LogP contribution >= 0.6 is 0 Å². The molecular formula is C16H21NO3. The number of amides is 1. The van der Waals surface area contributed by atoms with Crippen molar-refractivity contribution >= 4 is 17.6 Å². The van der Waals surface area contributed by atoms with Gasteiger partial charge in [-0.1, -0.05) is 18.9 Å². The van der Waals surface area contributed by atoms with Crippen LogP contribution in [0.2, 0.25) is 0 Å². The zero-order valence-electron chi connectivity index (χ0n) is 12.2. The van der Waals surface area contributed by atoms with Crippen LogP contribution in [0.4, 0.5) is 5.69 Å². The number of allylic oxidation sites excluding steroid dienone is 1. The van der Waals surface area contributed by atoms with Crippen molar-refractivity contribution in [2.24, 2.45) is 0 Å². The number of carbonyl (C=O) groups excluding carboxylic acids is 2. The van der Waals surface area contributed by atoms with Gasteiger partial charge in [-0.05, 0) is 44.5 Å². The maximum absolute atomic E-state index is 11.7. The highest BCUT2D eigenvalue weighted by atomic mass is 16.5. The van der Waals surface area contributed by atoms with Gasteiger partial charge in [-0.15, -0.1) is 0 Å². The highest BCUT2D eigenvalue weighted by Gasteiger charge is 2.07. The molecule has 0 fully saturated rings. The molecule has 1 aromatic carbocycles. The second-order valence-corrected chi connectivity index (χ2v) is 4.78. The second kappa shape index (κ2) is 8.15. The number of rotatable bonds is 6. The minimum Gasteiger partial charge on any atom is -0.462 e. The highest BCUT2D eigenvalue weighted by Crippen LogP contribution is 2.11. The van der Waals surface area contributed by atoms with E-state index in [0.29, 0.717) is 17.9 Å². The molecule has 4 heteroatoms. The Morgan fingerprint density at radius 3 is 2.40 bits per heavy atom. The van der Waals surface area contributed by atoms with Gasteiger partial charge in [-0.3, -0.25) is 4.79 Å². The first-order valence-electron chi connectivity index (χ1n) is 6.76. The number of hydrogen-bond donors (Lipinski definition) is 1. The third-order valence-electron chi connectivity index (χ3n) is 2.54. The van der Waals surface area contributed by atoms with Crippen molar-refractivity contribution < 1.29 is 14.3 Å². The van der Waals surface area contributed by atoms with Crippen LogP contribution in [0.1, 0.15) is 44.0 Å². The Hall–Kier alpha value is -2.10. The van der Waals surface area contributed by atoms with Crippen LogP contribution in [0.15, 0.2) is 35.9 Å². The average Bonchev–Trinajstić information content (AvgIpc) is 2.38. The minimum atomic E-state index is -0.333. The topological polar surface area (TPSA) is 55.4 Å². The van der Waals surface area contributed by atoms with Crippen molar-refractivity contribution in [3.63, 3.8) is 0 Å². The lowest BCUT2D eigenvalue weighted by Crippen LogP contribution is -2.09. The van der Waals surface area contributed by atoms with Crippen LogP contribution in [0.5, 0.6) is 0 Å². The van der Waals surface area contributed by atoms with Crippen molar-refractivity contribution in [1.82, 2.24) is 0 Å². The molecule has 20 heavy (non-hydrogen) atoms. The molecule has 1 rings (SSSR count). The van der Waals surface area contributed by atoms with Crippen LogP contribution in [-0.2, 0) is 9.53 Å². The zero-order chi connectivity index (χ0) is 15.0. The summed E-state index contributed by atoms with van der Waals surface area (Å²) >= 11 is 0. The molecule has 0 unspecified atom stereocenters. The number of ether oxygens (including phenoxy) is 1. The van der Waals surface area contributed by atoms with E-state index in [1.165, 1.54) is 6.08 Å². The largest absolute Gasteiger partial charge is 0.462 e. The standard InChI is InChI=1S/C16H21NO3/c1-4-5-10-20-16(19)13-6-8-14(9-7-13)17-15(18)11-12(2)3/h6-9,11H,4-5,10H2,1-3H3,(H,17,18). The Bertz CT molecular complexity index is 485. The summed E-state index contributed by atoms with van der Waals surface area (Å²) in [6.07, 6.45) is 3.37. The third kappa shape index (κ3) is 5.69. The molecule has 4 nitrogen and oxygen atoms in total. The lowest BCUT2D eigenvalue weighted by molar-refractivity contribution is -0.111. The van der Waals surface area contributed by atoms with Crippen molar-refractivity contribution in [2.75, 3.05) is 11.9 Å². The van der Waals surface area contributed by atoms with Crippen molar-refractivity contribution in [3.8, 4) is 0 Å². The summed E-state index contributed by atoms with van der Waals surface area (Å²) in [5.41, 5.74) is 2.07. The SMILES string of the molecule is CCCCOC(=O)c1ccc(NC(=O)C=C(C)C)cc1. The number of nitrogens with one attached hydrogen (secondary N) is 1. The first-order valence-corrected chi connectivity index (χ1v) is 6.76. The molecule has 0 radical (unpaired) electrons. The summed E-state index contributed by atoms with van der Waals surface area (Å²) in [4.78, 5) is 23.2. The van der Waals surface area contributed by atoms with E-state index < -0.39 is 0 Å². The van der Waals surface area contributed by atoms with E-state index in [2.05, 4.69) is 5.32 Å². The maximum atomic E-state index is 11.7. The van der Waals surface area contributed by atoms with Crippen LogP contribution in [0.25, 0.3) is 0 Å². The summed E-state index contributed by atoms with van der Waals surface area (Å²) in [6.45, 7) is 6.19. The molecule has 0 aliphatic carbocycles. The van der Waals surface area contributed by atoms with Gasteiger partial charge in [-0.25, -0.2) is 4.79 Å². The van der Waals surface area contributed by atoms with Gasteiger partial charge in [0, 0.05) is 11.8 Å². The van der Waals surface area contributed by atoms with Gasteiger partial charge in [0.25, 0.3) is 0 Å². The van der Waals surface area contributed by atoms with Gasteiger partial charge in [0.15, 0.2) is 0 Å². The summed E-state index contributed by atoms with van der Waals surface area (Å²) in [6, 6.07) is 6.67. The average molecular weight is 275 g/mol. The van der Waals surface area contributed by atoms with E-state index in [9.17, 15) is 9.59 Å². The van der Waals surface area contributed by atoms with Gasteiger partial charge in [-0.2, -0.15) is 0 Å². The van der Waals surface area contributed by atoms with Gasteiger partial charge in [0.05, 0.1) is 12.2 Å². The first-order chi connectivity index (χ1) is 9.52. The van der Waals surface area contributed by atoms with E-state index >= 15 is 0 Å². The van der Waals surface area contributed by atoms with Gasteiger partial charge >= 0.3 is 5.97 Å². The summed E-state index contributed by atoms with van der Waals surface area (Å²) in [7, 11) is 0. The van der Waals surface area contributed by atoms with Crippen molar-refractivity contribution in [1.29, 1.82) is 0 Å². The zero-order valence-corrected chi connectivity index (χ0v) is 12.2. The number of carbonyl (C=O) groups is 2. The lowest BCUT2D eigenvalue weighted by Gasteiger charge is -2.06. The molecule has 1 aromatic rings. The molecular weight excluding hydrogens is 254 g/mol. The number of esters is 1. The number of benzene rings is 1. The van der Waals surface area contributed by atoms with E-state index in [4.69, 9.17) is 4.74 Å². The lowest BCUT2D eigenvalue weighted by atomic mass is 10.2. The monoisotopic (exact) mass is 275 g/mol. The molecule has 1 amide bonds. The van der Waals surface area contributed by atoms with Crippen LogP contribution in [0, 0.1) is 0 Å². The third-order valence-corrected chi connectivity index (χ3v) is 2.54. The normalized spacial score (nSPS) is 9.75. The van der Waals surface area contributed by atoms with E-state index in [-0.39, 0.29) is 11.9 Å². The Balaban J connectivity index is 2.58. The fourth-order valence-corrected chi connectivity index (χ4v) is 1.52. The molecule has 0 aliphatic heterocycles. The molecule has 0 spiro atoms. The molecule has 0 aliphatic rings. The summed E-state index contributed by atoms with van der Waals surface area (Å²) < 4.78 is 5.11. The summed E-state index contributed by atoms with van der Waals surface area (Å²) in [5, 5.41) is 2.72. The fourth-order valence-electron chi connectivity index (χ4n) is 1.52. The fraction of sp³-hybridized carbons (Fsp3) is 0.375. The molecule has 1 N–H and O–H groups in total. The Labute approximate surface area is 119 Å². The second-order valence-electron chi connectivity index (χ2n) is 4.78. The summed E-state index contributed by atoms with van der Waals surface area (Å²) in [5.74, 6) is -0.510. The van der Waals surface area contributed by atoms with Crippen molar-refractivity contribution in [3.05, 3.63) is 41.5 Å². The molecule has 0 heterocycles. The van der Waals surface area contributed by atoms with Crippen LogP contribution < -0.4 is 5.32 Å². The molecule has 0 saturated carbocycles. The Morgan fingerprint density at radius 2 is 1.85 bits per heavy atom. The Morgan fingerprint density at radius 1 is 1.20 bits per heavy atom. The molecule has 0 atom stereocenters. The minimum absolute atomic E-state index is 0.178. The Kier molecular flexibility index (Phi) is 6.50. The number of hydrogen-bond acceptors (Lipinski definition) is 3. The number of anilines is 1. The smallest absolute Gasteiger partial charge is 0.338 e. The predicted octanol–water partition coefficient (Wildman–Crippen LogP) is 3.55. The molecule has 108 valence electrons. The van der Waals surface area contributed by atoms with E-state index in [0.717, 1.165) is 18.4 Å².